The summed E-state index contributed by atoms with van der Waals surface area (Å²) in [7, 11) is 1.53. The van der Waals surface area contributed by atoms with Gasteiger partial charge in [-0.25, -0.2) is 4.98 Å². The molecule has 0 bridgehead atoms. The van der Waals surface area contributed by atoms with Gasteiger partial charge in [0.05, 0.1) is 24.8 Å². The summed E-state index contributed by atoms with van der Waals surface area (Å²) >= 11 is 6.13. The Morgan fingerprint density at radius 1 is 1.35 bits per heavy atom. The molecule has 0 atom stereocenters. The number of amides is 1. The molecule has 0 saturated carbocycles. The summed E-state index contributed by atoms with van der Waals surface area (Å²) in [5, 5.41) is 4.79. The standard InChI is InChI=1S/C17H16ClF2N5O/c1-23(11-15-21-6-7-25(15)17(19)20)16(26)13-8-22-24(10-13)9-12-4-2-3-5-14(12)18/h2-8,10,17H,9,11H2,1H3. The van der Waals surface area contributed by atoms with Crippen LogP contribution in [-0.4, -0.2) is 37.2 Å². The topological polar surface area (TPSA) is 56.0 Å². The van der Waals surface area contributed by atoms with Gasteiger partial charge in [0.2, 0.25) is 0 Å². The van der Waals surface area contributed by atoms with E-state index in [1.54, 1.807) is 16.9 Å². The van der Waals surface area contributed by atoms with Gasteiger partial charge < -0.3 is 4.90 Å². The maximum atomic E-state index is 12.9. The summed E-state index contributed by atoms with van der Waals surface area (Å²) in [6.45, 7) is -2.31. The Balaban J connectivity index is 1.69. The van der Waals surface area contributed by atoms with E-state index in [-0.39, 0.29) is 18.3 Å². The van der Waals surface area contributed by atoms with Crippen molar-refractivity contribution in [3.63, 3.8) is 0 Å². The van der Waals surface area contributed by atoms with Gasteiger partial charge in [0.15, 0.2) is 0 Å². The minimum Gasteiger partial charge on any atom is -0.334 e. The molecule has 3 rings (SSSR count). The largest absolute Gasteiger partial charge is 0.334 e. The van der Waals surface area contributed by atoms with Crippen LogP contribution >= 0.6 is 11.6 Å². The smallest absolute Gasteiger partial charge is 0.319 e. The van der Waals surface area contributed by atoms with Crippen molar-refractivity contribution < 1.29 is 13.6 Å². The highest BCUT2D eigenvalue weighted by Crippen LogP contribution is 2.17. The van der Waals surface area contributed by atoms with Crippen molar-refractivity contribution in [1.29, 1.82) is 0 Å². The predicted molar refractivity (Wildman–Crippen MR) is 92.1 cm³/mol. The van der Waals surface area contributed by atoms with Crippen LogP contribution in [0.5, 0.6) is 0 Å². The minimum absolute atomic E-state index is 0.0358. The fourth-order valence-corrected chi connectivity index (χ4v) is 2.71. The first-order valence-electron chi connectivity index (χ1n) is 7.77. The van der Waals surface area contributed by atoms with Crippen LogP contribution in [0.3, 0.4) is 0 Å². The predicted octanol–water partition coefficient (Wildman–Crippen LogP) is 3.45. The number of nitrogens with zero attached hydrogens (tertiary/aromatic N) is 5. The molecular formula is C17H16ClF2N5O. The van der Waals surface area contributed by atoms with E-state index in [1.165, 1.54) is 30.5 Å². The molecule has 1 amide bonds. The van der Waals surface area contributed by atoms with Crippen molar-refractivity contribution in [3.8, 4) is 0 Å². The molecule has 3 aromatic rings. The normalized spacial score (nSPS) is 11.1. The van der Waals surface area contributed by atoms with Gasteiger partial charge in [0.1, 0.15) is 5.82 Å². The quantitative estimate of drug-likeness (QED) is 0.659. The van der Waals surface area contributed by atoms with E-state index in [0.717, 1.165) is 10.1 Å². The zero-order valence-electron chi connectivity index (χ0n) is 13.9. The molecule has 6 nitrogen and oxygen atoms in total. The van der Waals surface area contributed by atoms with Crippen LogP contribution < -0.4 is 0 Å². The molecule has 9 heteroatoms. The Morgan fingerprint density at radius 2 is 2.12 bits per heavy atom. The highest BCUT2D eigenvalue weighted by atomic mass is 35.5. The van der Waals surface area contributed by atoms with E-state index in [1.807, 2.05) is 18.2 Å². The van der Waals surface area contributed by atoms with Gasteiger partial charge in [0, 0.05) is 30.7 Å². The Morgan fingerprint density at radius 3 is 2.85 bits per heavy atom. The Bertz CT molecular complexity index is 908. The molecule has 0 spiro atoms. The summed E-state index contributed by atoms with van der Waals surface area (Å²) in [6, 6.07) is 7.37. The number of benzene rings is 1. The first-order chi connectivity index (χ1) is 12.5. The van der Waals surface area contributed by atoms with Gasteiger partial charge in [-0.3, -0.25) is 14.0 Å². The second-order valence-electron chi connectivity index (χ2n) is 5.71. The fraction of sp³-hybridized carbons (Fsp3) is 0.235. The number of carbonyl (C=O) groups excluding carboxylic acids is 1. The molecule has 136 valence electrons. The Kier molecular flexibility index (Phi) is 5.32. The van der Waals surface area contributed by atoms with Crippen LogP contribution in [0.2, 0.25) is 5.02 Å². The van der Waals surface area contributed by atoms with Crippen molar-refractivity contribution in [2.24, 2.45) is 0 Å². The molecule has 0 aliphatic heterocycles. The lowest BCUT2D eigenvalue weighted by molar-refractivity contribution is 0.0612. The summed E-state index contributed by atoms with van der Waals surface area (Å²) in [4.78, 5) is 17.7. The van der Waals surface area contributed by atoms with Crippen LogP contribution in [-0.2, 0) is 13.1 Å². The van der Waals surface area contributed by atoms with E-state index in [0.29, 0.717) is 17.1 Å². The lowest BCUT2D eigenvalue weighted by atomic mass is 10.2. The van der Waals surface area contributed by atoms with Crippen molar-refractivity contribution in [2.75, 3.05) is 7.05 Å². The second-order valence-corrected chi connectivity index (χ2v) is 6.11. The lowest BCUT2D eigenvalue weighted by Gasteiger charge is -2.16. The van der Waals surface area contributed by atoms with Crippen molar-refractivity contribution in [3.05, 3.63) is 71.0 Å². The Labute approximate surface area is 153 Å². The van der Waals surface area contributed by atoms with Gasteiger partial charge in [-0.1, -0.05) is 29.8 Å². The first kappa shape index (κ1) is 18.1. The third-order valence-corrected chi connectivity index (χ3v) is 4.22. The molecule has 0 N–H and O–H groups in total. The third kappa shape index (κ3) is 3.91. The number of carbonyl (C=O) groups is 1. The Hall–Kier alpha value is -2.74. The minimum atomic E-state index is -2.70. The maximum absolute atomic E-state index is 12.9. The molecule has 2 aromatic heterocycles. The van der Waals surface area contributed by atoms with E-state index >= 15 is 0 Å². The average Bonchev–Trinajstić information content (AvgIpc) is 3.25. The molecular weight excluding hydrogens is 364 g/mol. The van der Waals surface area contributed by atoms with Crippen molar-refractivity contribution in [1.82, 2.24) is 24.2 Å². The van der Waals surface area contributed by atoms with Crippen molar-refractivity contribution in [2.45, 2.75) is 19.6 Å². The van der Waals surface area contributed by atoms with Gasteiger partial charge in [-0.15, -0.1) is 0 Å². The number of rotatable bonds is 6. The molecule has 1 aromatic carbocycles. The number of aromatic nitrogens is 4. The molecule has 0 fully saturated rings. The highest BCUT2D eigenvalue weighted by molar-refractivity contribution is 6.31. The first-order valence-corrected chi connectivity index (χ1v) is 8.14. The molecule has 0 aliphatic carbocycles. The monoisotopic (exact) mass is 379 g/mol. The van der Waals surface area contributed by atoms with Crippen LogP contribution in [0.15, 0.2) is 49.1 Å². The van der Waals surface area contributed by atoms with E-state index in [9.17, 15) is 13.6 Å². The number of hydrogen-bond acceptors (Lipinski definition) is 3. The third-order valence-electron chi connectivity index (χ3n) is 3.85. The summed E-state index contributed by atoms with van der Waals surface area (Å²) < 4.78 is 28.1. The molecule has 0 radical (unpaired) electrons. The molecule has 2 heterocycles. The van der Waals surface area contributed by atoms with Crippen molar-refractivity contribution >= 4 is 17.5 Å². The number of halogens is 3. The van der Waals surface area contributed by atoms with Gasteiger partial charge >= 0.3 is 6.55 Å². The molecule has 0 saturated heterocycles. The van der Waals surface area contributed by atoms with Crippen LogP contribution in [0.25, 0.3) is 0 Å². The second kappa shape index (κ2) is 7.65. The summed E-state index contributed by atoms with van der Waals surface area (Å²) in [5.41, 5.74) is 1.23. The number of alkyl halides is 2. The molecule has 26 heavy (non-hydrogen) atoms. The number of hydrogen-bond donors (Lipinski definition) is 0. The van der Waals surface area contributed by atoms with E-state index in [2.05, 4.69) is 10.1 Å². The lowest BCUT2D eigenvalue weighted by Crippen LogP contribution is -2.27. The summed E-state index contributed by atoms with van der Waals surface area (Å²) in [5.74, 6) is -0.224. The van der Waals surface area contributed by atoms with E-state index in [4.69, 9.17) is 11.6 Å². The fourth-order valence-electron chi connectivity index (χ4n) is 2.51. The van der Waals surface area contributed by atoms with Gasteiger partial charge in [-0.05, 0) is 11.6 Å². The highest BCUT2D eigenvalue weighted by Gasteiger charge is 2.18. The zero-order chi connectivity index (χ0) is 18.7. The molecule has 0 aliphatic rings. The van der Waals surface area contributed by atoms with E-state index < -0.39 is 6.55 Å². The summed E-state index contributed by atoms with van der Waals surface area (Å²) in [6.07, 6.45) is 5.50. The van der Waals surface area contributed by atoms with Gasteiger partial charge in [0.25, 0.3) is 5.91 Å². The number of imidazole rings is 1. The average molecular weight is 380 g/mol. The van der Waals surface area contributed by atoms with Crippen LogP contribution in [0, 0.1) is 0 Å². The van der Waals surface area contributed by atoms with Crippen LogP contribution in [0.1, 0.15) is 28.3 Å². The van der Waals surface area contributed by atoms with Crippen LogP contribution in [0.4, 0.5) is 8.78 Å². The SMILES string of the molecule is CN(Cc1nccn1C(F)F)C(=O)c1cnn(Cc2ccccc2Cl)c1. The van der Waals surface area contributed by atoms with Gasteiger partial charge in [-0.2, -0.15) is 13.9 Å². The molecule has 0 unspecified atom stereocenters. The maximum Gasteiger partial charge on any atom is 0.319 e. The zero-order valence-corrected chi connectivity index (χ0v) is 14.6.